The van der Waals surface area contributed by atoms with Crippen LogP contribution in [0.1, 0.15) is 36.6 Å². The number of rotatable bonds is 2. The average molecular weight is 480 g/mol. The molecule has 2 aromatic carbocycles. The molecule has 9 heteroatoms. The molecule has 3 aromatic rings. The van der Waals surface area contributed by atoms with E-state index in [1.807, 2.05) is 0 Å². The lowest BCUT2D eigenvalue weighted by Crippen LogP contribution is -2.46. The maximum Gasteiger partial charge on any atom is 0.200 e. The van der Waals surface area contributed by atoms with Crippen LogP contribution in [0.4, 0.5) is 22.7 Å². The summed E-state index contributed by atoms with van der Waals surface area (Å²) in [4.78, 5) is 19.3. The first-order valence-electron chi connectivity index (χ1n) is 12.7. The number of anilines is 4. The summed E-state index contributed by atoms with van der Waals surface area (Å²) in [6, 6.07) is 23.0. The summed E-state index contributed by atoms with van der Waals surface area (Å²) in [5, 5.41) is 14.4. The number of fused-ring (bicyclic) bond motifs is 2. The first-order valence-corrected chi connectivity index (χ1v) is 12.7. The van der Waals surface area contributed by atoms with Crippen molar-refractivity contribution in [1.82, 2.24) is 15.6 Å². The zero-order valence-electron chi connectivity index (χ0n) is 20.0. The van der Waals surface area contributed by atoms with Crippen LogP contribution >= 0.6 is 0 Å². The van der Waals surface area contributed by atoms with Crippen molar-refractivity contribution in [2.75, 3.05) is 46.6 Å². The summed E-state index contributed by atoms with van der Waals surface area (Å²) in [6.45, 7) is 3.50. The molecule has 2 unspecified atom stereocenters. The molecule has 7 rings (SSSR count). The van der Waals surface area contributed by atoms with E-state index < -0.39 is 0 Å². The smallest absolute Gasteiger partial charge is 0.200 e. The number of guanidine groups is 2. The zero-order valence-corrected chi connectivity index (χ0v) is 20.0. The van der Waals surface area contributed by atoms with E-state index in [9.17, 15) is 0 Å². The monoisotopic (exact) mass is 479 g/mol. The van der Waals surface area contributed by atoms with Gasteiger partial charge in [0.1, 0.15) is 12.3 Å². The summed E-state index contributed by atoms with van der Waals surface area (Å²) in [5.41, 5.74) is 6.26. The normalized spacial score (nSPS) is 22.3. The first-order chi connectivity index (χ1) is 17.9. The maximum atomic E-state index is 5.22. The van der Waals surface area contributed by atoms with Gasteiger partial charge in [-0.25, -0.2) is 4.98 Å². The van der Waals surface area contributed by atoms with Gasteiger partial charge in [-0.2, -0.15) is 0 Å². The van der Waals surface area contributed by atoms with Crippen molar-refractivity contribution in [3.8, 4) is 0 Å². The van der Waals surface area contributed by atoms with Crippen LogP contribution in [0, 0.1) is 0 Å². The van der Waals surface area contributed by atoms with Crippen molar-refractivity contribution in [3.63, 3.8) is 0 Å². The van der Waals surface area contributed by atoms with E-state index in [2.05, 4.69) is 97.8 Å². The second kappa shape index (κ2) is 8.75. The minimum atomic E-state index is -0.158. The van der Waals surface area contributed by atoms with Gasteiger partial charge in [0.2, 0.25) is 11.9 Å². The van der Waals surface area contributed by atoms with Gasteiger partial charge < -0.3 is 21.3 Å². The Labute approximate surface area is 210 Å². The molecule has 0 radical (unpaired) electrons. The molecule has 4 aliphatic heterocycles. The molecule has 0 spiro atoms. The fourth-order valence-electron chi connectivity index (χ4n) is 5.33. The third kappa shape index (κ3) is 3.50. The summed E-state index contributed by atoms with van der Waals surface area (Å²) in [6.07, 6.45) is 1.78. The van der Waals surface area contributed by atoms with E-state index in [0.717, 1.165) is 85.1 Å². The van der Waals surface area contributed by atoms with E-state index in [4.69, 9.17) is 15.0 Å². The molecule has 1 aromatic heterocycles. The Bertz CT molecular complexity index is 1250. The molecule has 4 N–H and O–H groups in total. The lowest BCUT2D eigenvalue weighted by atomic mass is 10.2. The predicted molar refractivity (Wildman–Crippen MR) is 145 cm³/mol. The minimum absolute atomic E-state index is 0.158. The summed E-state index contributed by atoms with van der Waals surface area (Å²) in [7, 11) is 0. The van der Waals surface area contributed by atoms with Crippen LogP contribution in [0.25, 0.3) is 0 Å². The lowest BCUT2D eigenvalue weighted by Gasteiger charge is -2.31. The van der Waals surface area contributed by atoms with E-state index in [0.29, 0.717) is 0 Å². The molecule has 182 valence electrons. The Hall–Kier alpha value is -4.27. The summed E-state index contributed by atoms with van der Waals surface area (Å²) in [5.74, 6) is 1.79. The maximum absolute atomic E-state index is 5.22. The molecule has 0 fully saturated rings. The third-order valence-electron chi connectivity index (χ3n) is 7.00. The average Bonchev–Trinajstić information content (AvgIpc) is 3.53. The predicted octanol–water partition coefficient (Wildman–Crippen LogP) is 3.64. The first kappa shape index (κ1) is 21.0. The molecule has 0 saturated heterocycles. The number of hydrogen-bond donors (Lipinski definition) is 4. The van der Waals surface area contributed by atoms with Crippen LogP contribution in [-0.2, 0) is 0 Å². The van der Waals surface area contributed by atoms with Crippen molar-refractivity contribution in [2.45, 2.75) is 25.2 Å². The highest BCUT2D eigenvalue weighted by Crippen LogP contribution is 2.43. The third-order valence-corrected chi connectivity index (χ3v) is 7.00. The topological polar surface area (TPSA) is 92.2 Å². The van der Waals surface area contributed by atoms with Crippen molar-refractivity contribution in [1.29, 1.82) is 0 Å². The van der Waals surface area contributed by atoms with Gasteiger partial charge in [0.15, 0.2) is 0 Å². The fourth-order valence-corrected chi connectivity index (χ4v) is 5.33. The molecule has 36 heavy (non-hydrogen) atoms. The molecule has 9 nitrogen and oxygen atoms in total. The van der Waals surface area contributed by atoms with E-state index in [1.165, 1.54) is 0 Å². The van der Waals surface area contributed by atoms with Crippen molar-refractivity contribution < 1.29 is 0 Å². The highest BCUT2D eigenvalue weighted by molar-refractivity contribution is 6.03. The van der Waals surface area contributed by atoms with Crippen LogP contribution in [0.2, 0.25) is 0 Å². The van der Waals surface area contributed by atoms with Crippen LogP contribution in [0.15, 0.2) is 76.7 Å². The Morgan fingerprint density at radius 1 is 0.611 bits per heavy atom. The molecule has 0 saturated carbocycles. The number of pyridine rings is 1. The Morgan fingerprint density at radius 2 is 1.11 bits per heavy atom. The lowest BCUT2D eigenvalue weighted by molar-refractivity contribution is 0.686. The minimum Gasteiger partial charge on any atom is -0.358 e. The second-order valence-corrected chi connectivity index (χ2v) is 9.33. The van der Waals surface area contributed by atoms with E-state index in [1.54, 1.807) is 0 Å². The quantitative estimate of drug-likeness (QED) is 0.446. The van der Waals surface area contributed by atoms with Gasteiger partial charge >= 0.3 is 0 Å². The van der Waals surface area contributed by atoms with Crippen molar-refractivity contribution in [2.24, 2.45) is 9.98 Å². The van der Waals surface area contributed by atoms with Gasteiger partial charge in [-0.1, -0.05) is 30.3 Å². The largest absolute Gasteiger partial charge is 0.358 e. The van der Waals surface area contributed by atoms with E-state index in [-0.39, 0.29) is 12.3 Å². The Kier molecular flexibility index (Phi) is 5.11. The van der Waals surface area contributed by atoms with Crippen LogP contribution in [0.5, 0.6) is 0 Å². The molecular weight excluding hydrogens is 450 g/mol. The number of aliphatic imine (C=N–C) groups is 2. The Balaban J connectivity index is 1.27. The van der Waals surface area contributed by atoms with Crippen LogP contribution in [0.3, 0.4) is 0 Å². The summed E-state index contributed by atoms with van der Waals surface area (Å²) < 4.78 is 0. The molecule has 0 bridgehead atoms. The van der Waals surface area contributed by atoms with Crippen molar-refractivity contribution >= 4 is 34.7 Å². The molecule has 2 atom stereocenters. The number of benzene rings is 2. The second-order valence-electron chi connectivity index (χ2n) is 9.33. The van der Waals surface area contributed by atoms with Gasteiger partial charge in [-0.05, 0) is 49.2 Å². The Morgan fingerprint density at radius 3 is 1.58 bits per heavy atom. The van der Waals surface area contributed by atoms with Crippen LogP contribution < -0.4 is 31.1 Å². The molecule has 0 amide bonds. The number of nitrogens with one attached hydrogen (secondary N) is 4. The standard InChI is InChI=1S/C27H29N9/c1-3-12-22-18(8-1)33-24(35(22)26-28-14-6-15-29-26)20-10-5-11-21(32-20)25-34-19-9-2-4-13-23(19)36(25)27-30-16-7-17-31-27/h1-5,8-13,24-25,33-34H,6-7,14-17H2,(H,28,29)(H,30,31). The van der Waals surface area contributed by atoms with Gasteiger partial charge in [0.25, 0.3) is 0 Å². The summed E-state index contributed by atoms with van der Waals surface area (Å²) >= 11 is 0. The van der Waals surface area contributed by atoms with Crippen molar-refractivity contribution in [3.05, 3.63) is 78.1 Å². The molecule has 5 heterocycles. The van der Waals surface area contributed by atoms with Gasteiger partial charge in [0, 0.05) is 26.2 Å². The highest BCUT2D eigenvalue weighted by Gasteiger charge is 2.37. The van der Waals surface area contributed by atoms with Gasteiger partial charge in [-0.3, -0.25) is 19.8 Å². The molecular formula is C27H29N9. The van der Waals surface area contributed by atoms with Gasteiger partial charge in [-0.15, -0.1) is 0 Å². The highest BCUT2D eigenvalue weighted by atomic mass is 15.4. The zero-order chi connectivity index (χ0) is 23.9. The van der Waals surface area contributed by atoms with Gasteiger partial charge in [0.05, 0.1) is 34.1 Å². The fraction of sp³-hybridized carbons (Fsp3) is 0.296. The SMILES string of the molecule is c1cc(C2Nc3ccccc3N2C2=NCCCN2)nc(C2Nc3ccccc3N2C2=NCCCN2)c1. The molecule has 4 aliphatic rings. The van der Waals surface area contributed by atoms with Crippen LogP contribution in [-0.4, -0.2) is 43.1 Å². The number of para-hydroxylation sites is 4. The van der Waals surface area contributed by atoms with E-state index >= 15 is 0 Å². The number of nitrogens with zero attached hydrogens (tertiary/aromatic N) is 5. The number of aromatic nitrogens is 1. The number of hydrogen-bond acceptors (Lipinski definition) is 9. The molecule has 0 aliphatic carbocycles.